The molecule has 0 aliphatic heterocycles. The normalized spacial score (nSPS) is 12.4. The van der Waals surface area contributed by atoms with Gasteiger partial charge in [0.15, 0.2) is 0 Å². The lowest BCUT2D eigenvalue weighted by molar-refractivity contribution is 0.291. The fraction of sp³-hybridized carbons (Fsp3) is 0.308. The molecule has 2 N–H and O–H groups in total. The van der Waals surface area contributed by atoms with Crippen LogP contribution in [-0.4, -0.2) is 9.55 Å². The van der Waals surface area contributed by atoms with Gasteiger partial charge in [0.2, 0.25) is 0 Å². The molecule has 1 aromatic heterocycles. The molecule has 0 radical (unpaired) electrons. The van der Waals surface area contributed by atoms with Gasteiger partial charge in [0.25, 0.3) is 0 Å². The standard InChI is InChI=1S/C13H16ClN3O/c1-9(15)10-3-5-11(6-4-10)18-8-13-16-7-12(14)17(13)2/h3-7,9H,8,15H2,1-2H3. The minimum absolute atomic E-state index is 0.0346. The number of halogens is 1. The van der Waals surface area contributed by atoms with Crippen LogP contribution in [0.25, 0.3) is 0 Å². The van der Waals surface area contributed by atoms with E-state index in [0.29, 0.717) is 11.8 Å². The average molecular weight is 266 g/mol. The molecule has 96 valence electrons. The zero-order valence-electron chi connectivity index (χ0n) is 10.4. The quantitative estimate of drug-likeness (QED) is 0.925. The molecule has 2 aromatic rings. The van der Waals surface area contributed by atoms with Crippen molar-refractivity contribution in [1.82, 2.24) is 9.55 Å². The van der Waals surface area contributed by atoms with Gasteiger partial charge in [0.1, 0.15) is 23.3 Å². The third-order valence-corrected chi connectivity index (χ3v) is 3.15. The zero-order valence-corrected chi connectivity index (χ0v) is 11.2. The number of nitrogens with zero attached hydrogens (tertiary/aromatic N) is 2. The average Bonchev–Trinajstić information content (AvgIpc) is 2.68. The lowest BCUT2D eigenvalue weighted by atomic mass is 10.1. The van der Waals surface area contributed by atoms with Gasteiger partial charge in [-0.1, -0.05) is 23.7 Å². The molecule has 0 bridgehead atoms. The molecule has 5 heteroatoms. The third kappa shape index (κ3) is 2.83. The van der Waals surface area contributed by atoms with Crippen molar-refractivity contribution >= 4 is 11.6 Å². The topological polar surface area (TPSA) is 53.1 Å². The largest absolute Gasteiger partial charge is 0.486 e. The molecule has 1 aromatic carbocycles. The Hall–Kier alpha value is -1.52. The van der Waals surface area contributed by atoms with Crippen LogP contribution in [0.5, 0.6) is 5.75 Å². The Balaban J connectivity index is 2.00. The van der Waals surface area contributed by atoms with Gasteiger partial charge < -0.3 is 15.0 Å². The molecular formula is C13H16ClN3O. The van der Waals surface area contributed by atoms with Crippen molar-refractivity contribution in [2.75, 3.05) is 0 Å². The van der Waals surface area contributed by atoms with Crippen LogP contribution in [0.15, 0.2) is 30.5 Å². The van der Waals surface area contributed by atoms with E-state index in [0.717, 1.165) is 17.1 Å². The van der Waals surface area contributed by atoms with Gasteiger partial charge in [-0.05, 0) is 24.6 Å². The van der Waals surface area contributed by atoms with Crippen molar-refractivity contribution in [3.05, 3.63) is 47.0 Å². The van der Waals surface area contributed by atoms with Crippen LogP contribution in [-0.2, 0) is 13.7 Å². The number of aromatic nitrogens is 2. The highest BCUT2D eigenvalue weighted by Gasteiger charge is 2.05. The van der Waals surface area contributed by atoms with E-state index in [2.05, 4.69) is 4.98 Å². The summed E-state index contributed by atoms with van der Waals surface area (Å²) < 4.78 is 7.43. The smallest absolute Gasteiger partial charge is 0.147 e. The second-order valence-corrected chi connectivity index (χ2v) is 4.59. The van der Waals surface area contributed by atoms with E-state index in [-0.39, 0.29) is 6.04 Å². The summed E-state index contributed by atoms with van der Waals surface area (Å²) in [5.41, 5.74) is 6.87. The molecule has 4 nitrogen and oxygen atoms in total. The molecular weight excluding hydrogens is 250 g/mol. The Kier molecular flexibility index (Phi) is 3.89. The molecule has 0 saturated carbocycles. The number of hydrogen-bond acceptors (Lipinski definition) is 3. The highest BCUT2D eigenvalue weighted by molar-refractivity contribution is 6.29. The Morgan fingerprint density at radius 2 is 2.06 bits per heavy atom. The SMILES string of the molecule is CC(N)c1ccc(OCc2ncc(Cl)n2C)cc1. The summed E-state index contributed by atoms with van der Waals surface area (Å²) in [5, 5.41) is 0.598. The molecule has 1 atom stereocenters. The molecule has 0 saturated heterocycles. The van der Waals surface area contributed by atoms with Crippen molar-refractivity contribution in [3.8, 4) is 5.75 Å². The lowest BCUT2D eigenvalue weighted by Crippen LogP contribution is -2.05. The molecule has 1 heterocycles. The van der Waals surface area contributed by atoms with E-state index >= 15 is 0 Å². The van der Waals surface area contributed by atoms with E-state index in [1.54, 1.807) is 10.8 Å². The van der Waals surface area contributed by atoms with Crippen LogP contribution < -0.4 is 10.5 Å². The van der Waals surface area contributed by atoms with Crippen LogP contribution in [0.1, 0.15) is 24.4 Å². The van der Waals surface area contributed by atoms with Crippen molar-refractivity contribution in [2.24, 2.45) is 12.8 Å². The molecule has 0 amide bonds. The van der Waals surface area contributed by atoms with Crippen LogP contribution in [0.4, 0.5) is 0 Å². The Bertz CT molecular complexity index is 520. The van der Waals surface area contributed by atoms with Gasteiger partial charge in [-0.25, -0.2) is 4.98 Å². The summed E-state index contributed by atoms with van der Waals surface area (Å²) in [4.78, 5) is 4.16. The Morgan fingerprint density at radius 3 is 2.56 bits per heavy atom. The fourth-order valence-electron chi connectivity index (χ4n) is 1.57. The number of rotatable bonds is 4. The monoisotopic (exact) mass is 265 g/mol. The van der Waals surface area contributed by atoms with Crippen LogP contribution >= 0.6 is 11.6 Å². The van der Waals surface area contributed by atoms with Crippen molar-refractivity contribution in [3.63, 3.8) is 0 Å². The zero-order chi connectivity index (χ0) is 13.1. The number of ether oxygens (including phenoxy) is 1. The summed E-state index contributed by atoms with van der Waals surface area (Å²) in [6.07, 6.45) is 1.61. The molecule has 2 rings (SSSR count). The minimum Gasteiger partial charge on any atom is -0.486 e. The first-order chi connectivity index (χ1) is 8.58. The summed E-state index contributed by atoms with van der Waals surface area (Å²) >= 11 is 5.90. The Labute approximate surface area is 111 Å². The predicted molar refractivity (Wildman–Crippen MR) is 71.6 cm³/mol. The number of hydrogen-bond donors (Lipinski definition) is 1. The van der Waals surface area contributed by atoms with E-state index in [4.69, 9.17) is 22.1 Å². The second-order valence-electron chi connectivity index (χ2n) is 4.20. The second kappa shape index (κ2) is 5.42. The van der Waals surface area contributed by atoms with Crippen LogP contribution in [0.3, 0.4) is 0 Å². The van der Waals surface area contributed by atoms with Gasteiger partial charge in [-0.2, -0.15) is 0 Å². The third-order valence-electron chi connectivity index (χ3n) is 2.80. The van der Waals surface area contributed by atoms with Crippen molar-refractivity contribution in [1.29, 1.82) is 0 Å². The first-order valence-electron chi connectivity index (χ1n) is 5.72. The molecule has 0 fully saturated rings. The maximum absolute atomic E-state index is 5.90. The minimum atomic E-state index is 0.0346. The van der Waals surface area contributed by atoms with Gasteiger partial charge >= 0.3 is 0 Å². The summed E-state index contributed by atoms with van der Waals surface area (Å²) in [5.74, 6) is 1.58. The maximum atomic E-state index is 5.90. The summed E-state index contributed by atoms with van der Waals surface area (Å²) in [7, 11) is 1.85. The van der Waals surface area contributed by atoms with E-state index in [1.165, 1.54) is 0 Å². The van der Waals surface area contributed by atoms with Gasteiger partial charge in [-0.3, -0.25) is 0 Å². The number of benzene rings is 1. The molecule has 0 aliphatic rings. The maximum Gasteiger partial charge on any atom is 0.147 e. The number of imidazole rings is 1. The van der Waals surface area contributed by atoms with Crippen molar-refractivity contribution < 1.29 is 4.74 Å². The Morgan fingerprint density at radius 1 is 1.39 bits per heavy atom. The summed E-state index contributed by atoms with van der Waals surface area (Å²) in [6.45, 7) is 2.34. The van der Waals surface area contributed by atoms with Gasteiger partial charge in [0.05, 0.1) is 6.20 Å². The number of nitrogens with two attached hydrogens (primary N) is 1. The molecule has 0 spiro atoms. The molecule has 1 unspecified atom stereocenters. The van der Waals surface area contributed by atoms with E-state index < -0.39 is 0 Å². The highest BCUT2D eigenvalue weighted by atomic mass is 35.5. The highest BCUT2D eigenvalue weighted by Crippen LogP contribution is 2.17. The lowest BCUT2D eigenvalue weighted by Gasteiger charge is -2.09. The van der Waals surface area contributed by atoms with E-state index in [9.17, 15) is 0 Å². The van der Waals surface area contributed by atoms with Gasteiger partial charge in [0, 0.05) is 13.1 Å². The summed E-state index contributed by atoms with van der Waals surface area (Å²) in [6, 6.07) is 7.77. The van der Waals surface area contributed by atoms with Crippen LogP contribution in [0, 0.1) is 0 Å². The van der Waals surface area contributed by atoms with Crippen LogP contribution in [0.2, 0.25) is 5.15 Å². The molecule has 0 aliphatic carbocycles. The molecule has 18 heavy (non-hydrogen) atoms. The van der Waals surface area contributed by atoms with E-state index in [1.807, 2.05) is 38.2 Å². The predicted octanol–water partition coefficient (Wildman–Crippen LogP) is 2.67. The first kappa shape index (κ1) is 12.9. The van der Waals surface area contributed by atoms with Gasteiger partial charge in [-0.15, -0.1) is 0 Å². The first-order valence-corrected chi connectivity index (χ1v) is 6.10. The fourth-order valence-corrected chi connectivity index (χ4v) is 1.72. The van der Waals surface area contributed by atoms with Crippen molar-refractivity contribution in [2.45, 2.75) is 19.6 Å².